The molecule has 0 aromatic carbocycles. The number of hydrogen-bond donors (Lipinski definition) is 0. The molecule has 2 atom stereocenters. The third kappa shape index (κ3) is 13.2. The first-order valence-corrected chi connectivity index (χ1v) is 11.0. The van der Waals surface area contributed by atoms with Crippen molar-refractivity contribution in [2.45, 2.75) is 98.8 Å². The lowest BCUT2D eigenvalue weighted by atomic mass is 9.88. The molecule has 0 aliphatic heterocycles. The van der Waals surface area contributed by atoms with Crippen molar-refractivity contribution in [3.8, 4) is 0 Å². The van der Waals surface area contributed by atoms with E-state index in [1.165, 1.54) is 77.3 Å². The van der Waals surface area contributed by atoms with E-state index < -0.39 is 0 Å². The summed E-state index contributed by atoms with van der Waals surface area (Å²) >= 11 is 0. The monoisotopic (exact) mass is 341 g/mol. The van der Waals surface area contributed by atoms with Crippen LogP contribution in [0.1, 0.15) is 98.8 Å². The minimum atomic E-state index is 0.756. The molecule has 146 valence electrons. The Balaban J connectivity index is 4.00. The van der Waals surface area contributed by atoms with Crippen molar-refractivity contribution in [1.82, 2.24) is 4.90 Å². The van der Waals surface area contributed by atoms with Gasteiger partial charge in [0.2, 0.25) is 0 Å². The fourth-order valence-corrected chi connectivity index (χ4v) is 3.35. The van der Waals surface area contributed by atoms with Crippen LogP contribution in [0.2, 0.25) is 0 Å². The standard InChI is InChI=1S/C22H47NO/c1-6-11-14-21(9-4)19-22(10-5)20-24-18-17-23(15-12-7-2)16-13-8-3/h21-22H,6-20H2,1-5H3/t21-,22-/m1/s1. The van der Waals surface area contributed by atoms with Gasteiger partial charge >= 0.3 is 0 Å². The first-order chi connectivity index (χ1) is 11.7. The third-order valence-electron chi connectivity index (χ3n) is 5.35. The van der Waals surface area contributed by atoms with Crippen LogP contribution >= 0.6 is 0 Å². The maximum absolute atomic E-state index is 6.09. The highest BCUT2D eigenvalue weighted by Crippen LogP contribution is 2.23. The van der Waals surface area contributed by atoms with Gasteiger partial charge < -0.3 is 9.64 Å². The van der Waals surface area contributed by atoms with Crippen LogP contribution in [0.5, 0.6) is 0 Å². The van der Waals surface area contributed by atoms with Crippen LogP contribution in [0.25, 0.3) is 0 Å². The molecule has 2 nitrogen and oxygen atoms in total. The van der Waals surface area contributed by atoms with Crippen LogP contribution in [0.3, 0.4) is 0 Å². The molecule has 0 rings (SSSR count). The minimum Gasteiger partial charge on any atom is -0.380 e. The largest absolute Gasteiger partial charge is 0.380 e. The molecule has 0 spiro atoms. The Labute approximate surface area is 153 Å². The molecule has 0 saturated heterocycles. The first kappa shape index (κ1) is 23.9. The molecule has 0 aromatic heterocycles. The van der Waals surface area contributed by atoms with E-state index in [4.69, 9.17) is 4.74 Å². The molecule has 0 fully saturated rings. The summed E-state index contributed by atoms with van der Waals surface area (Å²) in [6.07, 6.45) is 13.3. The average molecular weight is 342 g/mol. The Morgan fingerprint density at radius 1 is 0.708 bits per heavy atom. The maximum atomic E-state index is 6.09. The van der Waals surface area contributed by atoms with Crippen LogP contribution in [0.4, 0.5) is 0 Å². The molecule has 0 radical (unpaired) electrons. The second-order valence-corrected chi connectivity index (χ2v) is 7.55. The van der Waals surface area contributed by atoms with Crippen molar-refractivity contribution in [2.75, 3.05) is 32.8 Å². The Hall–Kier alpha value is -0.0800. The minimum absolute atomic E-state index is 0.756. The predicted molar refractivity (Wildman–Crippen MR) is 109 cm³/mol. The van der Waals surface area contributed by atoms with Gasteiger partial charge in [-0.1, -0.05) is 79.6 Å². The quantitative estimate of drug-likeness (QED) is 0.262. The lowest BCUT2D eigenvalue weighted by Crippen LogP contribution is -2.30. The molecule has 0 unspecified atom stereocenters. The van der Waals surface area contributed by atoms with Crippen molar-refractivity contribution >= 4 is 0 Å². The van der Waals surface area contributed by atoms with Gasteiger partial charge in [-0.15, -0.1) is 0 Å². The Bertz CT molecular complexity index is 236. The van der Waals surface area contributed by atoms with E-state index in [0.717, 1.165) is 31.6 Å². The molecule has 0 heterocycles. The van der Waals surface area contributed by atoms with Crippen molar-refractivity contribution in [2.24, 2.45) is 11.8 Å². The topological polar surface area (TPSA) is 12.5 Å². The Kier molecular flexibility index (Phi) is 17.7. The second kappa shape index (κ2) is 17.7. The van der Waals surface area contributed by atoms with Crippen LogP contribution in [-0.4, -0.2) is 37.7 Å². The highest BCUT2D eigenvalue weighted by atomic mass is 16.5. The summed E-state index contributed by atoms with van der Waals surface area (Å²) in [7, 11) is 0. The van der Waals surface area contributed by atoms with Crippen molar-refractivity contribution < 1.29 is 4.74 Å². The fourth-order valence-electron chi connectivity index (χ4n) is 3.35. The molecule has 0 aliphatic rings. The Morgan fingerprint density at radius 2 is 1.29 bits per heavy atom. The zero-order chi connectivity index (χ0) is 18.0. The van der Waals surface area contributed by atoms with E-state index in [9.17, 15) is 0 Å². The highest BCUT2D eigenvalue weighted by Gasteiger charge is 2.14. The van der Waals surface area contributed by atoms with Gasteiger partial charge in [-0.05, 0) is 44.2 Å². The van der Waals surface area contributed by atoms with E-state index in [-0.39, 0.29) is 0 Å². The summed E-state index contributed by atoms with van der Waals surface area (Å²) in [6.45, 7) is 17.0. The number of hydrogen-bond acceptors (Lipinski definition) is 2. The molecule has 0 saturated carbocycles. The highest BCUT2D eigenvalue weighted by molar-refractivity contribution is 4.65. The first-order valence-electron chi connectivity index (χ1n) is 11.0. The molecule has 0 N–H and O–H groups in total. The van der Waals surface area contributed by atoms with Gasteiger partial charge in [0, 0.05) is 13.2 Å². The van der Waals surface area contributed by atoms with Gasteiger partial charge in [-0.3, -0.25) is 0 Å². The van der Waals surface area contributed by atoms with Gasteiger partial charge in [0.25, 0.3) is 0 Å². The zero-order valence-electron chi connectivity index (χ0n) is 17.6. The molecule has 24 heavy (non-hydrogen) atoms. The van der Waals surface area contributed by atoms with Crippen molar-refractivity contribution in [1.29, 1.82) is 0 Å². The third-order valence-corrected chi connectivity index (χ3v) is 5.35. The maximum Gasteiger partial charge on any atom is 0.0593 e. The van der Waals surface area contributed by atoms with E-state index in [0.29, 0.717) is 0 Å². The van der Waals surface area contributed by atoms with Gasteiger partial charge in [-0.25, -0.2) is 0 Å². The van der Waals surface area contributed by atoms with E-state index in [1.807, 2.05) is 0 Å². The average Bonchev–Trinajstić information content (AvgIpc) is 2.61. The fraction of sp³-hybridized carbons (Fsp3) is 1.00. The number of rotatable bonds is 18. The molecular weight excluding hydrogens is 294 g/mol. The number of unbranched alkanes of at least 4 members (excludes halogenated alkanes) is 3. The number of ether oxygens (including phenoxy) is 1. The van der Waals surface area contributed by atoms with Crippen LogP contribution in [0.15, 0.2) is 0 Å². The van der Waals surface area contributed by atoms with Crippen molar-refractivity contribution in [3.05, 3.63) is 0 Å². The van der Waals surface area contributed by atoms with E-state index in [1.54, 1.807) is 0 Å². The van der Waals surface area contributed by atoms with E-state index >= 15 is 0 Å². The Morgan fingerprint density at radius 3 is 1.79 bits per heavy atom. The number of nitrogens with zero attached hydrogens (tertiary/aromatic N) is 1. The summed E-state index contributed by atoms with van der Waals surface area (Å²) in [6, 6.07) is 0. The predicted octanol–water partition coefficient (Wildman–Crippen LogP) is 6.54. The summed E-state index contributed by atoms with van der Waals surface area (Å²) < 4.78 is 6.09. The lowest BCUT2D eigenvalue weighted by Gasteiger charge is -2.24. The summed E-state index contributed by atoms with van der Waals surface area (Å²) in [4.78, 5) is 2.60. The molecule has 2 heteroatoms. The SMILES string of the molecule is CCCC[C@@H](CC)C[C@@H](CC)COCCN(CCCC)CCCC. The molecule has 0 bridgehead atoms. The molecule has 0 aliphatic carbocycles. The van der Waals surface area contributed by atoms with Gasteiger partial charge in [-0.2, -0.15) is 0 Å². The van der Waals surface area contributed by atoms with E-state index in [2.05, 4.69) is 39.5 Å². The normalized spacial score (nSPS) is 14.2. The lowest BCUT2D eigenvalue weighted by molar-refractivity contribution is 0.0676. The zero-order valence-corrected chi connectivity index (χ0v) is 17.6. The molecule has 0 aromatic rings. The molecule has 0 amide bonds. The van der Waals surface area contributed by atoms with Gasteiger partial charge in [0.05, 0.1) is 6.61 Å². The summed E-state index contributed by atoms with van der Waals surface area (Å²) in [5.41, 5.74) is 0. The summed E-state index contributed by atoms with van der Waals surface area (Å²) in [5.74, 6) is 1.66. The smallest absolute Gasteiger partial charge is 0.0593 e. The van der Waals surface area contributed by atoms with Crippen LogP contribution < -0.4 is 0 Å². The van der Waals surface area contributed by atoms with Crippen LogP contribution in [0, 0.1) is 11.8 Å². The second-order valence-electron chi connectivity index (χ2n) is 7.55. The van der Waals surface area contributed by atoms with Gasteiger partial charge in [0.1, 0.15) is 0 Å². The van der Waals surface area contributed by atoms with Gasteiger partial charge in [0.15, 0.2) is 0 Å². The molecular formula is C22H47NO. The van der Waals surface area contributed by atoms with Crippen LogP contribution in [-0.2, 0) is 4.74 Å². The summed E-state index contributed by atoms with van der Waals surface area (Å²) in [5, 5.41) is 0. The van der Waals surface area contributed by atoms with Crippen molar-refractivity contribution in [3.63, 3.8) is 0 Å².